The lowest BCUT2D eigenvalue weighted by atomic mass is 9.80. The molecule has 1 nitrogen and oxygen atoms in total. The largest absolute Gasteiger partial charge is 0.301 e. The second-order valence-electron chi connectivity index (χ2n) is 4.96. The van der Waals surface area contributed by atoms with Crippen molar-refractivity contribution >= 4 is 6.08 Å². The fourth-order valence-electron chi connectivity index (χ4n) is 3.04. The molecule has 78 valence electrons. The van der Waals surface area contributed by atoms with Crippen molar-refractivity contribution < 1.29 is 0 Å². The quantitative estimate of drug-likeness (QED) is 0.621. The molecule has 1 heteroatoms. The van der Waals surface area contributed by atoms with Crippen LogP contribution in [-0.4, -0.2) is 18.5 Å². The maximum absolute atomic E-state index is 2.44. The van der Waals surface area contributed by atoms with Gasteiger partial charge in [0, 0.05) is 19.0 Å². The summed E-state index contributed by atoms with van der Waals surface area (Å²) in [7, 11) is 2.23. The number of benzene rings is 1. The van der Waals surface area contributed by atoms with E-state index >= 15 is 0 Å². The Hall–Kier alpha value is -1.08. The van der Waals surface area contributed by atoms with E-state index in [1.165, 1.54) is 24.1 Å². The summed E-state index contributed by atoms with van der Waals surface area (Å²) in [5.41, 5.74) is 6.04. The molecular weight excluding hydrogens is 182 g/mol. The minimum absolute atomic E-state index is 0.736. The zero-order valence-electron chi connectivity index (χ0n) is 9.46. The molecule has 1 unspecified atom stereocenters. The molecule has 1 atom stereocenters. The van der Waals surface area contributed by atoms with Gasteiger partial charge in [0.05, 0.1) is 0 Å². The van der Waals surface area contributed by atoms with Crippen LogP contribution in [0.25, 0.3) is 6.08 Å². The van der Waals surface area contributed by atoms with Crippen LogP contribution in [0.15, 0.2) is 18.2 Å². The Morgan fingerprint density at radius 1 is 1.33 bits per heavy atom. The van der Waals surface area contributed by atoms with Gasteiger partial charge in [0.2, 0.25) is 0 Å². The number of hydrogen-bond donors (Lipinski definition) is 0. The van der Waals surface area contributed by atoms with Crippen molar-refractivity contribution in [2.75, 3.05) is 13.6 Å². The molecule has 0 saturated heterocycles. The highest BCUT2D eigenvalue weighted by Crippen LogP contribution is 2.37. The molecule has 1 aromatic rings. The van der Waals surface area contributed by atoms with Crippen LogP contribution in [0.5, 0.6) is 0 Å². The van der Waals surface area contributed by atoms with Crippen molar-refractivity contribution in [1.82, 2.24) is 4.90 Å². The Balaban J connectivity index is 2.21. The van der Waals surface area contributed by atoms with Gasteiger partial charge in [0.25, 0.3) is 0 Å². The summed E-state index contributed by atoms with van der Waals surface area (Å²) in [5.74, 6) is 0.736. The van der Waals surface area contributed by atoms with Crippen LogP contribution in [-0.2, 0) is 6.54 Å². The van der Waals surface area contributed by atoms with Gasteiger partial charge >= 0.3 is 0 Å². The fourth-order valence-corrected chi connectivity index (χ4v) is 3.04. The average Bonchev–Trinajstić information content (AvgIpc) is 2.16. The number of aryl methyl sites for hydroxylation is 1. The van der Waals surface area contributed by atoms with Crippen LogP contribution < -0.4 is 0 Å². The van der Waals surface area contributed by atoms with Gasteiger partial charge in [-0.15, -0.1) is 0 Å². The second kappa shape index (κ2) is 3.21. The third-order valence-corrected chi connectivity index (χ3v) is 3.54. The summed E-state index contributed by atoms with van der Waals surface area (Å²) in [5, 5.41) is 0. The summed E-state index contributed by atoms with van der Waals surface area (Å²) in [4.78, 5) is 2.44. The number of nitrogens with zero attached hydrogens (tertiary/aromatic N) is 1. The van der Waals surface area contributed by atoms with Gasteiger partial charge in [-0.2, -0.15) is 0 Å². The Morgan fingerprint density at radius 3 is 3.07 bits per heavy atom. The average molecular weight is 199 g/mol. The third-order valence-electron chi connectivity index (χ3n) is 3.54. The summed E-state index contributed by atoms with van der Waals surface area (Å²) < 4.78 is 0. The first-order valence-electron chi connectivity index (χ1n) is 5.72. The molecular formula is C14H17N. The molecule has 0 saturated carbocycles. The Labute approximate surface area is 91.4 Å². The van der Waals surface area contributed by atoms with Crippen molar-refractivity contribution in [3.8, 4) is 0 Å². The molecule has 3 rings (SSSR count). The Kier molecular flexibility index (Phi) is 1.96. The number of allylic oxidation sites excluding steroid dienone is 1. The normalized spacial score (nSPS) is 24.0. The van der Waals surface area contributed by atoms with Crippen LogP contribution in [0.4, 0.5) is 0 Å². The molecule has 0 fully saturated rings. The fraction of sp³-hybridized carbons (Fsp3) is 0.429. The Bertz CT molecular complexity index is 431. The van der Waals surface area contributed by atoms with Gasteiger partial charge < -0.3 is 4.90 Å². The summed E-state index contributed by atoms with van der Waals surface area (Å²) in [6.45, 7) is 4.53. The lowest BCUT2D eigenvalue weighted by Gasteiger charge is -2.35. The van der Waals surface area contributed by atoms with Gasteiger partial charge in [0.1, 0.15) is 0 Å². The first-order chi connectivity index (χ1) is 7.24. The minimum atomic E-state index is 0.736. The molecule has 1 aliphatic heterocycles. The number of rotatable bonds is 0. The molecule has 15 heavy (non-hydrogen) atoms. The monoisotopic (exact) mass is 199 g/mol. The van der Waals surface area contributed by atoms with E-state index < -0.39 is 0 Å². The predicted molar refractivity (Wildman–Crippen MR) is 63.9 cm³/mol. The highest BCUT2D eigenvalue weighted by Gasteiger charge is 2.26. The van der Waals surface area contributed by atoms with Crippen LogP contribution in [0.2, 0.25) is 0 Å². The predicted octanol–water partition coefficient (Wildman–Crippen LogP) is 2.94. The lowest BCUT2D eigenvalue weighted by molar-refractivity contribution is 0.280. The number of hydrogen-bond acceptors (Lipinski definition) is 1. The molecule has 0 bridgehead atoms. The molecule has 0 radical (unpaired) electrons. The third kappa shape index (κ3) is 1.42. The van der Waals surface area contributed by atoms with Crippen molar-refractivity contribution in [2.24, 2.45) is 0 Å². The summed E-state index contributed by atoms with van der Waals surface area (Å²) in [6.07, 6.45) is 5.84. The number of likely N-dealkylation sites (N-methyl/N-ethyl adjacent to an activating group) is 1. The molecule has 1 aliphatic carbocycles. The standard InChI is InChI=1S/C14H17N/c1-10-6-11-4-3-5-12-8-15(2)9-13(7-10)14(11)12/h3-4,6-7,12H,5,8-9H2,1-2H3. The SMILES string of the molecule is Cc1cc2c3c(c1)CN(C)CC3CC=C2. The van der Waals surface area contributed by atoms with Crippen LogP contribution in [0.3, 0.4) is 0 Å². The van der Waals surface area contributed by atoms with Gasteiger partial charge in [-0.25, -0.2) is 0 Å². The topological polar surface area (TPSA) is 3.24 Å². The van der Waals surface area contributed by atoms with Crippen LogP contribution in [0.1, 0.15) is 34.6 Å². The highest BCUT2D eigenvalue weighted by molar-refractivity contribution is 5.61. The van der Waals surface area contributed by atoms with E-state index in [2.05, 4.69) is 43.2 Å². The second-order valence-corrected chi connectivity index (χ2v) is 4.96. The minimum Gasteiger partial charge on any atom is -0.301 e. The summed E-state index contributed by atoms with van der Waals surface area (Å²) in [6, 6.07) is 4.69. The molecule has 1 aromatic carbocycles. The lowest BCUT2D eigenvalue weighted by Crippen LogP contribution is -2.31. The highest BCUT2D eigenvalue weighted by atomic mass is 15.1. The van der Waals surface area contributed by atoms with Gasteiger partial charge in [0.15, 0.2) is 0 Å². The molecule has 2 aliphatic rings. The van der Waals surface area contributed by atoms with E-state index in [0.29, 0.717) is 0 Å². The molecule has 0 N–H and O–H groups in total. The van der Waals surface area contributed by atoms with Crippen molar-refractivity contribution in [3.63, 3.8) is 0 Å². The molecule has 0 aromatic heterocycles. The van der Waals surface area contributed by atoms with Gasteiger partial charge in [-0.1, -0.05) is 29.8 Å². The molecule has 0 amide bonds. The summed E-state index contributed by atoms with van der Waals surface area (Å²) >= 11 is 0. The van der Waals surface area contributed by atoms with Gasteiger partial charge in [-0.05, 0) is 37.1 Å². The van der Waals surface area contributed by atoms with E-state index in [-0.39, 0.29) is 0 Å². The molecule has 0 spiro atoms. The van der Waals surface area contributed by atoms with E-state index in [9.17, 15) is 0 Å². The first kappa shape index (κ1) is 9.17. The van der Waals surface area contributed by atoms with Crippen molar-refractivity contribution in [1.29, 1.82) is 0 Å². The Morgan fingerprint density at radius 2 is 2.20 bits per heavy atom. The first-order valence-corrected chi connectivity index (χ1v) is 5.72. The zero-order valence-corrected chi connectivity index (χ0v) is 9.46. The van der Waals surface area contributed by atoms with Crippen LogP contribution in [0, 0.1) is 6.92 Å². The van der Waals surface area contributed by atoms with Crippen molar-refractivity contribution in [2.45, 2.75) is 25.8 Å². The maximum atomic E-state index is 2.44. The van der Waals surface area contributed by atoms with E-state index in [4.69, 9.17) is 0 Å². The zero-order chi connectivity index (χ0) is 10.4. The maximum Gasteiger partial charge on any atom is 0.0234 e. The van der Waals surface area contributed by atoms with Gasteiger partial charge in [-0.3, -0.25) is 0 Å². The molecule has 1 heterocycles. The van der Waals surface area contributed by atoms with Crippen molar-refractivity contribution in [3.05, 3.63) is 40.5 Å². The van der Waals surface area contributed by atoms with E-state index in [1.807, 2.05) is 0 Å². The van der Waals surface area contributed by atoms with Crippen LogP contribution >= 0.6 is 0 Å². The van der Waals surface area contributed by atoms with E-state index in [1.54, 1.807) is 11.1 Å². The van der Waals surface area contributed by atoms with E-state index in [0.717, 1.165) is 12.5 Å². The smallest absolute Gasteiger partial charge is 0.0234 e.